The van der Waals surface area contributed by atoms with Gasteiger partial charge in [-0.15, -0.1) is 0 Å². The van der Waals surface area contributed by atoms with Crippen molar-refractivity contribution in [1.82, 2.24) is 0 Å². The van der Waals surface area contributed by atoms with Crippen LogP contribution in [0.15, 0.2) is 0 Å². The molecule has 0 aromatic rings. The number of carbonyl (C=O) groups excluding carboxylic acids is 2. The van der Waals surface area contributed by atoms with Gasteiger partial charge in [0, 0.05) is 21.0 Å². The number of ether oxygens (including phenoxy) is 3. The van der Waals surface area contributed by atoms with Gasteiger partial charge in [0.15, 0.2) is 0 Å². The summed E-state index contributed by atoms with van der Waals surface area (Å²) in [4.78, 5) is 20.8. The number of rotatable bonds is 5. The van der Waals surface area contributed by atoms with Crippen molar-refractivity contribution in [3.8, 4) is 0 Å². The molecule has 0 spiro atoms. The Balaban J connectivity index is 3.63. The molecule has 0 aromatic carbocycles. The number of esters is 2. The molecule has 0 aliphatic heterocycles. The maximum Gasteiger partial charge on any atom is 0.302 e. The molecule has 0 saturated heterocycles. The monoisotopic (exact) mass is 190 g/mol. The molecule has 0 radical (unpaired) electrons. The zero-order chi connectivity index (χ0) is 10.3. The van der Waals surface area contributed by atoms with Crippen LogP contribution in [0.5, 0.6) is 0 Å². The van der Waals surface area contributed by atoms with Gasteiger partial charge in [0.2, 0.25) is 0 Å². The lowest BCUT2D eigenvalue weighted by Gasteiger charge is -2.14. The van der Waals surface area contributed by atoms with E-state index in [0.717, 1.165) is 0 Å². The van der Waals surface area contributed by atoms with Crippen molar-refractivity contribution in [3.05, 3.63) is 0 Å². The largest absolute Gasteiger partial charge is 0.463 e. The smallest absolute Gasteiger partial charge is 0.302 e. The predicted octanol–water partition coefficient (Wildman–Crippen LogP) is 0.128. The van der Waals surface area contributed by atoms with Crippen molar-refractivity contribution in [1.29, 1.82) is 0 Å². The van der Waals surface area contributed by atoms with Gasteiger partial charge in [-0.2, -0.15) is 0 Å². The van der Waals surface area contributed by atoms with E-state index in [-0.39, 0.29) is 25.2 Å². The van der Waals surface area contributed by atoms with Crippen LogP contribution in [0, 0.1) is 0 Å². The van der Waals surface area contributed by atoms with Crippen molar-refractivity contribution in [3.63, 3.8) is 0 Å². The minimum Gasteiger partial charge on any atom is -0.463 e. The molecule has 0 aliphatic carbocycles. The highest BCUT2D eigenvalue weighted by Crippen LogP contribution is 1.93. The number of methoxy groups -OCH3 is 1. The van der Waals surface area contributed by atoms with Crippen LogP contribution in [-0.2, 0) is 23.8 Å². The molecule has 0 heterocycles. The van der Waals surface area contributed by atoms with Gasteiger partial charge in [-0.25, -0.2) is 0 Å². The second-order valence-electron chi connectivity index (χ2n) is 2.46. The number of carbonyl (C=O) groups is 2. The molecule has 0 N–H and O–H groups in total. The second kappa shape index (κ2) is 6.42. The van der Waals surface area contributed by atoms with Crippen LogP contribution < -0.4 is 0 Å². The minimum absolute atomic E-state index is 0.0963. The second-order valence-corrected chi connectivity index (χ2v) is 2.46. The summed E-state index contributed by atoms with van der Waals surface area (Å²) in [5.41, 5.74) is 0. The van der Waals surface area contributed by atoms with Crippen LogP contribution in [0.2, 0.25) is 0 Å². The molecule has 76 valence electrons. The first-order chi connectivity index (χ1) is 6.06. The molecule has 5 heteroatoms. The van der Waals surface area contributed by atoms with Gasteiger partial charge in [0.1, 0.15) is 19.3 Å². The Morgan fingerprint density at radius 2 is 1.46 bits per heavy atom. The summed E-state index contributed by atoms with van der Waals surface area (Å²) in [6, 6.07) is 0. The summed E-state index contributed by atoms with van der Waals surface area (Å²) in [6.45, 7) is 2.80. The first-order valence-electron chi connectivity index (χ1n) is 3.85. The molecule has 13 heavy (non-hydrogen) atoms. The SMILES string of the molecule is COC(COC(C)=O)COC(C)=O. The summed E-state index contributed by atoms with van der Waals surface area (Å²) < 4.78 is 14.2. The molecular formula is C8H14O5. The Morgan fingerprint density at radius 3 is 1.69 bits per heavy atom. The van der Waals surface area contributed by atoms with Gasteiger partial charge in [-0.3, -0.25) is 9.59 Å². The van der Waals surface area contributed by atoms with E-state index in [4.69, 9.17) is 4.74 Å². The number of hydrogen-bond acceptors (Lipinski definition) is 5. The molecule has 0 bridgehead atoms. The zero-order valence-corrected chi connectivity index (χ0v) is 8.03. The average molecular weight is 190 g/mol. The van der Waals surface area contributed by atoms with Gasteiger partial charge in [-0.1, -0.05) is 0 Å². The standard InChI is InChI=1S/C8H14O5/c1-6(9)12-4-8(11-3)5-13-7(2)10/h8H,4-5H2,1-3H3. The normalized spacial score (nSPS) is 9.85. The fourth-order valence-corrected chi connectivity index (χ4v) is 0.605. The Hall–Kier alpha value is -1.10. The molecule has 0 rings (SSSR count). The highest BCUT2D eigenvalue weighted by Gasteiger charge is 2.10. The van der Waals surface area contributed by atoms with Gasteiger partial charge >= 0.3 is 11.9 Å². The first kappa shape index (κ1) is 11.9. The molecule has 0 amide bonds. The molecular weight excluding hydrogens is 176 g/mol. The van der Waals surface area contributed by atoms with E-state index < -0.39 is 6.10 Å². The van der Waals surface area contributed by atoms with Crippen molar-refractivity contribution in [2.24, 2.45) is 0 Å². The van der Waals surface area contributed by atoms with Gasteiger partial charge in [0.25, 0.3) is 0 Å². The van der Waals surface area contributed by atoms with E-state index >= 15 is 0 Å². The Kier molecular flexibility index (Phi) is 5.88. The Morgan fingerprint density at radius 1 is 1.08 bits per heavy atom. The van der Waals surface area contributed by atoms with E-state index in [1.54, 1.807) is 0 Å². The van der Waals surface area contributed by atoms with Crippen LogP contribution in [-0.4, -0.2) is 38.4 Å². The fourth-order valence-electron chi connectivity index (χ4n) is 0.605. The molecule has 0 unspecified atom stereocenters. The molecule has 5 nitrogen and oxygen atoms in total. The van der Waals surface area contributed by atoms with Crippen LogP contribution in [0.1, 0.15) is 13.8 Å². The maximum atomic E-state index is 10.4. The van der Waals surface area contributed by atoms with Gasteiger partial charge < -0.3 is 14.2 Å². The minimum atomic E-state index is -0.396. The fraction of sp³-hybridized carbons (Fsp3) is 0.750. The topological polar surface area (TPSA) is 61.8 Å². The molecule has 0 aromatic heterocycles. The maximum absolute atomic E-state index is 10.4. The molecule has 0 saturated carbocycles. The summed E-state index contributed by atoms with van der Waals surface area (Å²) in [5, 5.41) is 0. The zero-order valence-electron chi connectivity index (χ0n) is 8.03. The van der Waals surface area contributed by atoms with Gasteiger partial charge in [-0.05, 0) is 0 Å². The van der Waals surface area contributed by atoms with Gasteiger partial charge in [0.05, 0.1) is 0 Å². The van der Waals surface area contributed by atoms with Crippen molar-refractivity contribution in [2.45, 2.75) is 20.0 Å². The third-order valence-electron chi connectivity index (χ3n) is 1.28. The Bertz CT molecular complexity index is 159. The summed E-state index contributed by atoms with van der Waals surface area (Å²) in [6.07, 6.45) is -0.396. The van der Waals surface area contributed by atoms with E-state index in [9.17, 15) is 9.59 Å². The average Bonchev–Trinajstić information content (AvgIpc) is 2.04. The van der Waals surface area contributed by atoms with Crippen LogP contribution in [0.25, 0.3) is 0 Å². The van der Waals surface area contributed by atoms with Crippen LogP contribution >= 0.6 is 0 Å². The highest BCUT2D eigenvalue weighted by molar-refractivity contribution is 5.66. The van der Waals surface area contributed by atoms with E-state index in [2.05, 4.69) is 9.47 Å². The first-order valence-corrected chi connectivity index (χ1v) is 3.85. The highest BCUT2D eigenvalue weighted by atomic mass is 16.6. The van der Waals surface area contributed by atoms with Crippen molar-refractivity contribution >= 4 is 11.9 Å². The quantitative estimate of drug-likeness (QED) is 0.576. The van der Waals surface area contributed by atoms with E-state index in [0.29, 0.717) is 0 Å². The van der Waals surface area contributed by atoms with E-state index in [1.807, 2.05) is 0 Å². The molecule has 0 fully saturated rings. The number of hydrogen-bond donors (Lipinski definition) is 0. The summed E-state index contributed by atoms with van der Waals surface area (Å²) in [7, 11) is 1.46. The van der Waals surface area contributed by atoms with E-state index in [1.165, 1.54) is 21.0 Å². The van der Waals surface area contributed by atoms with Crippen LogP contribution in [0.3, 0.4) is 0 Å². The third kappa shape index (κ3) is 7.27. The summed E-state index contributed by atoms with van der Waals surface area (Å²) in [5.74, 6) is -0.769. The summed E-state index contributed by atoms with van der Waals surface area (Å²) >= 11 is 0. The van der Waals surface area contributed by atoms with Crippen LogP contribution in [0.4, 0.5) is 0 Å². The molecule has 0 atom stereocenters. The third-order valence-corrected chi connectivity index (χ3v) is 1.28. The molecule has 0 aliphatic rings. The lowest BCUT2D eigenvalue weighted by molar-refractivity contribution is -0.150. The lowest BCUT2D eigenvalue weighted by atomic mass is 10.4. The lowest BCUT2D eigenvalue weighted by Crippen LogP contribution is -2.26. The van der Waals surface area contributed by atoms with Crippen molar-refractivity contribution in [2.75, 3.05) is 20.3 Å². The predicted molar refractivity (Wildman–Crippen MR) is 44.1 cm³/mol. The van der Waals surface area contributed by atoms with Crippen molar-refractivity contribution < 1.29 is 23.8 Å². The Labute approximate surface area is 77.0 Å².